The SMILES string of the molecule is CC(C)C(CC(CO)(C[P+](C(C)C)(C(C)C)C(C)C)C[P+](C(C)C)(C(C)C)C(C)C)(C(C)C)C(C)C. The Morgan fingerprint density at radius 1 is 0.444 bits per heavy atom. The van der Waals surface area contributed by atoms with Crippen LogP contribution in [0.4, 0.5) is 0 Å². The number of aliphatic hydroxyl groups is 1. The minimum Gasteiger partial charge on any atom is -0.395 e. The van der Waals surface area contributed by atoms with E-state index in [1.807, 2.05) is 0 Å². The second kappa shape index (κ2) is 13.9. The molecular formula is C33H72OP2+2. The van der Waals surface area contributed by atoms with Crippen molar-refractivity contribution in [3.8, 4) is 0 Å². The van der Waals surface area contributed by atoms with E-state index in [2.05, 4.69) is 125 Å². The van der Waals surface area contributed by atoms with E-state index in [1.54, 1.807) is 0 Å². The molecule has 0 aliphatic carbocycles. The van der Waals surface area contributed by atoms with Gasteiger partial charge in [-0.1, -0.05) is 41.5 Å². The highest BCUT2D eigenvalue weighted by molar-refractivity contribution is 7.78. The molecule has 3 heteroatoms. The average molecular weight is 547 g/mol. The lowest BCUT2D eigenvalue weighted by Crippen LogP contribution is -2.50. The predicted octanol–water partition coefficient (Wildman–Crippen LogP) is 10.8. The van der Waals surface area contributed by atoms with Crippen molar-refractivity contribution in [1.29, 1.82) is 0 Å². The average Bonchev–Trinajstić information content (AvgIpc) is 2.71. The molecule has 0 aromatic rings. The Labute approximate surface area is 231 Å². The Balaban J connectivity index is 7.57. The van der Waals surface area contributed by atoms with Gasteiger partial charge in [0, 0.05) is 14.5 Å². The minimum atomic E-state index is -1.35. The maximum Gasteiger partial charge on any atom is 0.0715 e. The van der Waals surface area contributed by atoms with Crippen molar-refractivity contribution in [3.63, 3.8) is 0 Å². The van der Waals surface area contributed by atoms with E-state index in [9.17, 15) is 5.11 Å². The van der Waals surface area contributed by atoms with Crippen LogP contribution in [0.2, 0.25) is 0 Å². The highest BCUT2D eigenvalue weighted by atomic mass is 31.2. The third-order valence-electron chi connectivity index (χ3n) is 11.2. The van der Waals surface area contributed by atoms with Crippen LogP contribution in [-0.2, 0) is 0 Å². The van der Waals surface area contributed by atoms with Crippen LogP contribution in [0.1, 0.15) is 131 Å². The van der Waals surface area contributed by atoms with Gasteiger partial charge < -0.3 is 5.11 Å². The molecule has 0 saturated carbocycles. The van der Waals surface area contributed by atoms with Gasteiger partial charge in [0.05, 0.1) is 58.3 Å². The Morgan fingerprint density at radius 3 is 0.806 bits per heavy atom. The summed E-state index contributed by atoms with van der Waals surface area (Å²) in [5.74, 6) is 1.79. The molecule has 1 N–H and O–H groups in total. The Morgan fingerprint density at radius 2 is 0.667 bits per heavy atom. The summed E-state index contributed by atoms with van der Waals surface area (Å²) in [6.07, 6.45) is 3.68. The topological polar surface area (TPSA) is 20.2 Å². The van der Waals surface area contributed by atoms with Crippen molar-refractivity contribution in [2.75, 3.05) is 18.9 Å². The molecule has 0 amide bonds. The van der Waals surface area contributed by atoms with Crippen LogP contribution in [0.15, 0.2) is 0 Å². The normalized spacial score (nSPS) is 15.0. The summed E-state index contributed by atoms with van der Waals surface area (Å²) in [6.45, 7) is 45.2. The summed E-state index contributed by atoms with van der Waals surface area (Å²) >= 11 is 0. The summed E-state index contributed by atoms with van der Waals surface area (Å²) < 4.78 is 0. The summed E-state index contributed by atoms with van der Waals surface area (Å²) in [6, 6.07) is 0. The molecule has 0 aromatic carbocycles. The largest absolute Gasteiger partial charge is 0.395 e. The molecule has 0 atom stereocenters. The van der Waals surface area contributed by atoms with Crippen molar-refractivity contribution in [3.05, 3.63) is 0 Å². The van der Waals surface area contributed by atoms with Crippen molar-refractivity contribution in [1.82, 2.24) is 0 Å². The van der Waals surface area contributed by atoms with E-state index in [-0.39, 0.29) is 10.8 Å². The van der Waals surface area contributed by atoms with Gasteiger partial charge in [0.1, 0.15) is 0 Å². The van der Waals surface area contributed by atoms with Crippen LogP contribution < -0.4 is 0 Å². The standard InChI is InChI=1S/C33H72OP2/c1-23(2)33(24(3)4,25(5)6)19-32(20-34,21-35(26(7)8,27(9)10)28(11)12)22-36(29(13)14,30(15)16)31(17)18/h23-31,34H,19-22H2,1-18H3/q+2. The summed E-state index contributed by atoms with van der Waals surface area (Å²) in [4.78, 5) is 0. The van der Waals surface area contributed by atoms with Crippen LogP contribution in [0.5, 0.6) is 0 Å². The van der Waals surface area contributed by atoms with Crippen LogP contribution in [0.25, 0.3) is 0 Å². The fourth-order valence-electron chi connectivity index (χ4n) is 9.41. The van der Waals surface area contributed by atoms with Gasteiger partial charge in [-0.05, 0) is 113 Å². The van der Waals surface area contributed by atoms with E-state index < -0.39 is 14.5 Å². The first kappa shape index (κ1) is 36.8. The van der Waals surface area contributed by atoms with E-state index in [1.165, 1.54) is 18.7 Å². The van der Waals surface area contributed by atoms with Gasteiger partial charge in [0.2, 0.25) is 0 Å². The zero-order chi connectivity index (χ0) is 29.0. The van der Waals surface area contributed by atoms with Gasteiger partial charge in [0.25, 0.3) is 0 Å². The lowest BCUT2D eigenvalue weighted by Gasteiger charge is -2.55. The molecule has 0 aliphatic rings. The monoisotopic (exact) mass is 547 g/mol. The van der Waals surface area contributed by atoms with Gasteiger partial charge in [-0.15, -0.1) is 0 Å². The number of aliphatic hydroxyl groups excluding tert-OH is 1. The van der Waals surface area contributed by atoms with Gasteiger partial charge in [-0.3, -0.25) is 0 Å². The third kappa shape index (κ3) is 6.93. The quantitative estimate of drug-likeness (QED) is 0.191. The lowest BCUT2D eigenvalue weighted by atomic mass is 9.56. The molecule has 36 heavy (non-hydrogen) atoms. The highest BCUT2D eigenvalue weighted by Crippen LogP contribution is 2.78. The number of hydrogen-bond donors (Lipinski definition) is 1. The van der Waals surface area contributed by atoms with Crippen LogP contribution in [0.3, 0.4) is 0 Å². The molecule has 0 spiro atoms. The fourth-order valence-corrected chi connectivity index (χ4v) is 21.9. The van der Waals surface area contributed by atoms with Crippen molar-refractivity contribution < 1.29 is 5.11 Å². The summed E-state index contributed by atoms with van der Waals surface area (Å²) in [5, 5.41) is 11.7. The maximum atomic E-state index is 11.7. The Kier molecular flexibility index (Phi) is 14.3. The van der Waals surface area contributed by atoms with Gasteiger partial charge in [0.15, 0.2) is 0 Å². The Bertz CT molecular complexity index is 479. The minimum absolute atomic E-state index is 0.0159. The molecule has 0 heterocycles. The smallest absolute Gasteiger partial charge is 0.0715 e. The van der Waals surface area contributed by atoms with Crippen LogP contribution in [-0.4, -0.2) is 58.0 Å². The van der Waals surface area contributed by atoms with Crippen LogP contribution >= 0.6 is 14.5 Å². The second-order valence-corrected chi connectivity index (χ2v) is 26.1. The molecule has 0 radical (unpaired) electrons. The van der Waals surface area contributed by atoms with E-state index in [0.29, 0.717) is 58.3 Å². The molecular weight excluding hydrogens is 474 g/mol. The highest BCUT2D eigenvalue weighted by Gasteiger charge is 2.61. The molecule has 0 saturated heterocycles. The van der Waals surface area contributed by atoms with Crippen molar-refractivity contribution >= 4 is 14.5 Å². The maximum absolute atomic E-state index is 11.7. The molecule has 1 nitrogen and oxygen atoms in total. The zero-order valence-electron chi connectivity index (χ0n) is 28.4. The van der Waals surface area contributed by atoms with E-state index >= 15 is 0 Å². The predicted molar refractivity (Wildman–Crippen MR) is 175 cm³/mol. The lowest BCUT2D eigenvalue weighted by molar-refractivity contribution is -0.0160. The molecule has 0 bridgehead atoms. The van der Waals surface area contributed by atoms with Crippen molar-refractivity contribution in [2.24, 2.45) is 28.6 Å². The van der Waals surface area contributed by atoms with Crippen molar-refractivity contribution in [2.45, 2.75) is 165 Å². The first-order valence-corrected chi connectivity index (χ1v) is 19.9. The molecule has 0 aromatic heterocycles. The molecule has 0 fully saturated rings. The fraction of sp³-hybridized carbons (Fsp3) is 1.00. The zero-order valence-corrected chi connectivity index (χ0v) is 30.2. The molecule has 0 aliphatic heterocycles. The first-order chi connectivity index (χ1) is 16.2. The summed E-state index contributed by atoms with van der Waals surface area (Å²) in [7, 11) is -2.69. The second-order valence-electron chi connectivity index (χ2n) is 15.3. The van der Waals surface area contributed by atoms with Gasteiger partial charge >= 0.3 is 0 Å². The van der Waals surface area contributed by atoms with E-state index in [0.717, 1.165) is 0 Å². The number of rotatable bonds is 16. The van der Waals surface area contributed by atoms with Gasteiger partial charge in [-0.2, -0.15) is 0 Å². The molecule has 0 unspecified atom stereocenters. The first-order valence-electron chi connectivity index (χ1n) is 15.5. The third-order valence-corrected chi connectivity index (χ3v) is 25.2. The molecule has 218 valence electrons. The van der Waals surface area contributed by atoms with Gasteiger partial charge in [-0.25, -0.2) is 0 Å². The Hall–Kier alpha value is 0.820. The summed E-state index contributed by atoms with van der Waals surface area (Å²) in [5.41, 5.74) is 4.38. The van der Waals surface area contributed by atoms with E-state index in [4.69, 9.17) is 0 Å². The van der Waals surface area contributed by atoms with Crippen LogP contribution in [0, 0.1) is 28.6 Å². The number of hydrogen-bond acceptors (Lipinski definition) is 1. The molecule has 0 rings (SSSR count).